The minimum atomic E-state index is -0.663. The number of carbonyl (C=O) groups excluding carboxylic acids is 3. The molecule has 0 radical (unpaired) electrons. The van der Waals surface area contributed by atoms with Gasteiger partial charge in [-0.3, -0.25) is 14.4 Å². The first-order valence-corrected chi connectivity index (χ1v) is 10.5. The summed E-state index contributed by atoms with van der Waals surface area (Å²) in [4.78, 5) is 36.7. The Labute approximate surface area is 173 Å². The van der Waals surface area contributed by atoms with E-state index in [0.717, 1.165) is 6.42 Å². The molecule has 0 aromatic heterocycles. The Hall–Kier alpha value is -1.89. The number of allylic oxidation sites excluding steroid dienone is 2. The van der Waals surface area contributed by atoms with E-state index < -0.39 is 23.5 Å². The Morgan fingerprint density at radius 3 is 2.28 bits per heavy atom. The van der Waals surface area contributed by atoms with Crippen molar-refractivity contribution in [1.29, 1.82) is 0 Å². The van der Waals surface area contributed by atoms with Crippen molar-refractivity contribution in [1.82, 2.24) is 0 Å². The lowest BCUT2D eigenvalue weighted by molar-refractivity contribution is -0.173. The Bertz CT molecular complexity index is 625. The summed E-state index contributed by atoms with van der Waals surface area (Å²) in [6.07, 6.45) is 5.39. The average molecular weight is 411 g/mol. The fourth-order valence-electron chi connectivity index (χ4n) is 4.02. The van der Waals surface area contributed by atoms with Gasteiger partial charge in [0, 0.05) is 26.4 Å². The maximum Gasteiger partial charge on any atom is 0.310 e. The van der Waals surface area contributed by atoms with Crippen LogP contribution in [0.5, 0.6) is 0 Å². The molecule has 2 aliphatic carbocycles. The van der Waals surface area contributed by atoms with E-state index in [1.165, 1.54) is 6.92 Å². The van der Waals surface area contributed by atoms with Crippen molar-refractivity contribution >= 4 is 17.9 Å². The van der Waals surface area contributed by atoms with Gasteiger partial charge in [0.05, 0.1) is 25.0 Å². The van der Waals surface area contributed by atoms with E-state index in [2.05, 4.69) is 0 Å². The number of rotatable bonds is 11. The maximum absolute atomic E-state index is 13.0. The Kier molecular flexibility index (Phi) is 8.25. The zero-order valence-electron chi connectivity index (χ0n) is 18.1. The molecule has 0 aromatic carbocycles. The third-order valence-electron chi connectivity index (χ3n) is 5.58. The molecule has 2 rings (SSSR count). The molecule has 0 aromatic rings. The van der Waals surface area contributed by atoms with Gasteiger partial charge in [-0.25, -0.2) is 0 Å². The van der Waals surface area contributed by atoms with Crippen LogP contribution in [0.15, 0.2) is 12.2 Å². The van der Waals surface area contributed by atoms with Crippen molar-refractivity contribution in [2.75, 3.05) is 19.8 Å². The van der Waals surface area contributed by atoms with Crippen molar-refractivity contribution < 1.29 is 33.3 Å². The van der Waals surface area contributed by atoms with Crippen LogP contribution in [0.3, 0.4) is 0 Å². The lowest BCUT2D eigenvalue weighted by Gasteiger charge is -2.31. The van der Waals surface area contributed by atoms with Crippen LogP contribution in [-0.2, 0) is 33.3 Å². The van der Waals surface area contributed by atoms with E-state index in [0.29, 0.717) is 26.1 Å². The summed E-state index contributed by atoms with van der Waals surface area (Å²) < 4.78 is 21.6. The third kappa shape index (κ3) is 6.56. The number of hydrogen-bond donors (Lipinski definition) is 0. The summed E-state index contributed by atoms with van der Waals surface area (Å²) in [6, 6.07) is 0. The van der Waals surface area contributed by atoms with Gasteiger partial charge in [-0.2, -0.15) is 0 Å². The highest BCUT2D eigenvalue weighted by Gasteiger charge is 2.53. The van der Waals surface area contributed by atoms with Gasteiger partial charge in [0.25, 0.3) is 0 Å². The van der Waals surface area contributed by atoms with Crippen molar-refractivity contribution in [2.24, 2.45) is 23.7 Å². The molecule has 0 N–H and O–H groups in total. The number of esters is 3. The molecule has 0 spiro atoms. The fraction of sp³-hybridized carbons (Fsp3) is 0.773. The van der Waals surface area contributed by atoms with Crippen LogP contribution in [0.25, 0.3) is 0 Å². The topological polar surface area (TPSA) is 88.1 Å². The summed E-state index contributed by atoms with van der Waals surface area (Å²) in [7, 11) is 0. The molecule has 29 heavy (non-hydrogen) atoms. The predicted molar refractivity (Wildman–Crippen MR) is 106 cm³/mol. The summed E-state index contributed by atoms with van der Waals surface area (Å²) >= 11 is 0. The molecular formula is C22H34O7. The highest BCUT2D eigenvalue weighted by Crippen LogP contribution is 2.49. The zero-order chi connectivity index (χ0) is 21.6. The van der Waals surface area contributed by atoms with Crippen molar-refractivity contribution in [3.05, 3.63) is 12.2 Å². The molecule has 0 saturated heterocycles. The lowest BCUT2D eigenvalue weighted by atomic mass is 9.83. The van der Waals surface area contributed by atoms with E-state index in [9.17, 15) is 14.4 Å². The summed E-state index contributed by atoms with van der Waals surface area (Å²) in [6.45, 7) is 10.1. The first-order chi connectivity index (χ1) is 13.6. The molecule has 7 heteroatoms. The van der Waals surface area contributed by atoms with Gasteiger partial charge in [-0.1, -0.05) is 12.2 Å². The summed E-state index contributed by atoms with van der Waals surface area (Å²) in [5.74, 6) is -2.15. The molecule has 5 unspecified atom stereocenters. The molecule has 5 atom stereocenters. The Morgan fingerprint density at radius 2 is 1.69 bits per heavy atom. The lowest BCUT2D eigenvalue weighted by Crippen LogP contribution is -2.40. The number of hydrogen-bond acceptors (Lipinski definition) is 7. The van der Waals surface area contributed by atoms with E-state index in [-0.39, 0.29) is 36.4 Å². The molecule has 1 saturated carbocycles. The molecule has 7 nitrogen and oxygen atoms in total. The minimum absolute atomic E-state index is 0.00254. The average Bonchev–Trinajstić information content (AvgIpc) is 3.22. The van der Waals surface area contributed by atoms with Crippen LogP contribution in [-0.4, -0.2) is 49.4 Å². The van der Waals surface area contributed by atoms with Crippen LogP contribution in [0.4, 0.5) is 0 Å². The van der Waals surface area contributed by atoms with Gasteiger partial charge in [0.15, 0.2) is 0 Å². The molecule has 1 fully saturated rings. The standard InChI is InChI=1S/C22H34O7/c1-6-26-12-10-22(4,5)29-21(25)19-17-8-7-16(13-17)18(19)20(24)28-14(2)9-11-27-15(3)23/h7-8,14,16-19H,6,9-13H2,1-5H3. The van der Waals surface area contributed by atoms with Gasteiger partial charge >= 0.3 is 17.9 Å². The van der Waals surface area contributed by atoms with Crippen molar-refractivity contribution in [3.8, 4) is 0 Å². The molecular weight excluding hydrogens is 376 g/mol. The van der Waals surface area contributed by atoms with E-state index in [1.54, 1.807) is 6.92 Å². The van der Waals surface area contributed by atoms with Crippen LogP contribution >= 0.6 is 0 Å². The van der Waals surface area contributed by atoms with Gasteiger partial charge in [-0.05, 0) is 46.0 Å². The second kappa shape index (κ2) is 10.2. The monoisotopic (exact) mass is 410 g/mol. The first-order valence-electron chi connectivity index (χ1n) is 10.5. The highest BCUT2D eigenvalue weighted by molar-refractivity contribution is 5.84. The first kappa shape index (κ1) is 23.4. The van der Waals surface area contributed by atoms with Crippen LogP contribution in [0.2, 0.25) is 0 Å². The molecule has 0 amide bonds. The van der Waals surface area contributed by atoms with Gasteiger partial charge in [-0.15, -0.1) is 0 Å². The van der Waals surface area contributed by atoms with E-state index in [4.69, 9.17) is 18.9 Å². The molecule has 2 aliphatic rings. The minimum Gasteiger partial charge on any atom is -0.466 e. The van der Waals surface area contributed by atoms with Gasteiger partial charge in [0.2, 0.25) is 0 Å². The number of carbonyl (C=O) groups is 3. The quantitative estimate of drug-likeness (QED) is 0.224. The zero-order valence-corrected chi connectivity index (χ0v) is 18.1. The van der Waals surface area contributed by atoms with E-state index in [1.807, 2.05) is 32.9 Å². The Balaban J connectivity index is 1.96. The smallest absolute Gasteiger partial charge is 0.310 e. The second-order valence-electron chi connectivity index (χ2n) is 8.50. The normalized spacial score (nSPS) is 26.2. The van der Waals surface area contributed by atoms with Crippen LogP contribution in [0.1, 0.15) is 53.9 Å². The maximum atomic E-state index is 13.0. The SMILES string of the molecule is CCOCCC(C)(C)OC(=O)C1C2C=CC(C2)C1C(=O)OC(C)CCOC(C)=O. The molecule has 0 aliphatic heterocycles. The van der Waals surface area contributed by atoms with Gasteiger partial charge in [0.1, 0.15) is 11.7 Å². The molecule has 0 heterocycles. The predicted octanol–water partition coefficient (Wildman–Crippen LogP) is 3.06. The fourth-order valence-corrected chi connectivity index (χ4v) is 4.02. The Morgan fingerprint density at radius 1 is 1.07 bits per heavy atom. The third-order valence-corrected chi connectivity index (χ3v) is 5.58. The largest absolute Gasteiger partial charge is 0.466 e. The van der Waals surface area contributed by atoms with E-state index >= 15 is 0 Å². The van der Waals surface area contributed by atoms with Gasteiger partial charge < -0.3 is 18.9 Å². The number of fused-ring (bicyclic) bond motifs is 2. The van der Waals surface area contributed by atoms with Crippen molar-refractivity contribution in [3.63, 3.8) is 0 Å². The van der Waals surface area contributed by atoms with Crippen molar-refractivity contribution in [2.45, 2.75) is 65.6 Å². The van der Waals surface area contributed by atoms with Crippen LogP contribution in [0, 0.1) is 23.7 Å². The molecule has 164 valence electrons. The molecule has 2 bridgehead atoms. The van der Waals surface area contributed by atoms with Crippen LogP contribution < -0.4 is 0 Å². The summed E-state index contributed by atoms with van der Waals surface area (Å²) in [5.41, 5.74) is -0.663. The number of ether oxygens (including phenoxy) is 4. The highest BCUT2D eigenvalue weighted by atomic mass is 16.6. The second-order valence-corrected chi connectivity index (χ2v) is 8.50. The summed E-state index contributed by atoms with van der Waals surface area (Å²) in [5, 5.41) is 0.